The lowest BCUT2D eigenvalue weighted by Gasteiger charge is -2.12. The molecule has 22 heavy (non-hydrogen) atoms. The topological polar surface area (TPSA) is 39.1 Å². The van der Waals surface area contributed by atoms with Crippen molar-refractivity contribution in [1.29, 1.82) is 0 Å². The van der Waals surface area contributed by atoms with Crippen LogP contribution in [-0.2, 0) is 6.54 Å². The fourth-order valence-electron chi connectivity index (χ4n) is 2.94. The molecule has 112 valence electrons. The summed E-state index contributed by atoms with van der Waals surface area (Å²) in [6.07, 6.45) is 3.28. The van der Waals surface area contributed by atoms with Crippen molar-refractivity contribution in [3.05, 3.63) is 60.3 Å². The second-order valence-electron chi connectivity index (χ2n) is 5.74. The number of aromatic nitrogens is 2. The number of hydrogen-bond donors (Lipinski definition) is 1. The number of ether oxygens (including phenoxy) is 1. The Morgan fingerprint density at radius 1 is 1.18 bits per heavy atom. The second kappa shape index (κ2) is 5.81. The predicted octanol–water partition coefficient (Wildman–Crippen LogP) is 2.83. The molecule has 1 atom stereocenters. The van der Waals surface area contributed by atoms with E-state index < -0.39 is 0 Å². The highest BCUT2D eigenvalue weighted by atomic mass is 16.5. The number of benzene rings is 2. The van der Waals surface area contributed by atoms with E-state index in [1.165, 1.54) is 5.56 Å². The van der Waals surface area contributed by atoms with Gasteiger partial charge in [0.15, 0.2) is 0 Å². The van der Waals surface area contributed by atoms with E-state index >= 15 is 0 Å². The van der Waals surface area contributed by atoms with Gasteiger partial charge in [0.2, 0.25) is 0 Å². The van der Waals surface area contributed by atoms with Gasteiger partial charge in [0.05, 0.1) is 18.3 Å². The van der Waals surface area contributed by atoms with E-state index in [2.05, 4.69) is 46.8 Å². The zero-order chi connectivity index (χ0) is 14.8. The Balaban J connectivity index is 1.57. The predicted molar refractivity (Wildman–Crippen MR) is 87.2 cm³/mol. The Kier molecular flexibility index (Phi) is 3.52. The van der Waals surface area contributed by atoms with Crippen molar-refractivity contribution in [2.75, 3.05) is 13.1 Å². The molecule has 4 rings (SSSR count). The molecule has 1 fully saturated rings. The molecule has 3 aromatic rings. The molecule has 1 aromatic heterocycles. The molecule has 1 N–H and O–H groups in total. The third kappa shape index (κ3) is 2.70. The highest BCUT2D eigenvalue weighted by Crippen LogP contribution is 2.23. The maximum Gasteiger partial charge on any atom is 0.120 e. The van der Waals surface area contributed by atoms with E-state index in [0.717, 1.165) is 42.7 Å². The van der Waals surface area contributed by atoms with Crippen molar-refractivity contribution >= 4 is 10.9 Å². The van der Waals surface area contributed by atoms with Gasteiger partial charge in [-0.2, -0.15) is 5.10 Å². The Bertz CT molecular complexity index is 760. The monoisotopic (exact) mass is 293 g/mol. The lowest BCUT2D eigenvalue weighted by atomic mass is 10.2. The van der Waals surface area contributed by atoms with Gasteiger partial charge in [0, 0.05) is 11.9 Å². The molecule has 0 aliphatic carbocycles. The third-order valence-electron chi connectivity index (χ3n) is 4.11. The van der Waals surface area contributed by atoms with E-state index in [4.69, 9.17) is 4.74 Å². The first-order valence-corrected chi connectivity index (χ1v) is 7.75. The molecule has 4 heteroatoms. The van der Waals surface area contributed by atoms with Crippen LogP contribution in [0.25, 0.3) is 10.9 Å². The first-order valence-electron chi connectivity index (χ1n) is 7.75. The first kappa shape index (κ1) is 13.3. The van der Waals surface area contributed by atoms with Crippen molar-refractivity contribution in [3.63, 3.8) is 0 Å². The summed E-state index contributed by atoms with van der Waals surface area (Å²) in [5.41, 5.74) is 2.39. The van der Waals surface area contributed by atoms with Crippen LogP contribution in [-0.4, -0.2) is 29.0 Å². The van der Waals surface area contributed by atoms with Gasteiger partial charge < -0.3 is 10.1 Å². The van der Waals surface area contributed by atoms with Crippen LogP contribution in [0.4, 0.5) is 0 Å². The van der Waals surface area contributed by atoms with Crippen LogP contribution in [0, 0.1) is 0 Å². The zero-order valence-electron chi connectivity index (χ0n) is 12.4. The summed E-state index contributed by atoms with van der Waals surface area (Å²) in [7, 11) is 0. The number of hydrogen-bond acceptors (Lipinski definition) is 3. The van der Waals surface area contributed by atoms with Gasteiger partial charge in [-0.25, -0.2) is 0 Å². The SMILES string of the molecule is c1ccc(Cn2ncc3cc(O[C@@H]4CCNC4)ccc32)cc1. The molecular formula is C18H19N3O. The van der Waals surface area contributed by atoms with Crippen LogP contribution in [0.2, 0.25) is 0 Å². The minimum absolute atomic E-state index is 0.289. The normalized spacial score (nSPS) is 17.9. The Morgan fingerprint density at radius 3 is 2.91 bits per heavy atom. The summed E-state index contributed by atoms with van der Waals surface area (Å²) in [6, 6.07) is 16.6. The van der Waals surface area contributed by atoms with Gasteiger partial charge in [-0.15, -0.1) is 0 Å². The lowest BCUT2D eigenvalue weighted by molar-refractivity contribution is 0.223. The van der Waals surface area contributed by atoms with Crippen LogP contribution >= 0.6 is 0 Å². The number of nitrogens with zero attached hydrogens (tertiary/aromatic N) is 2. The Hall–Kier alpha value is -2.33. The summed E-state index contributed by atoms with van der Waals surface area (Å²) < 4.78 is 8.04. The fourth-order valence-corrected chi connectivity index (χ4v) is 2.94. The molecule has 0 unspecified atom stereocenters. The quantitative estimate of drug-likeness (QED) is 0.804. The summed E-state index contributed by atoms with van der Waals surface area (Å²) in [5, 5.41) is 8.96. The Labute approximate surface area is 129 Å². The molecule has 1 aliphatic rings. The molecule has 1 aliphatic heterocycles. The molecule has 1 saturated heterocycles. The lowest BCUT2D eigenvalue weighted by Crippen LogP contribution is -2.19. The van der Waals surface area contributed by atoms with Gasteiger partial charge in [0.1, 0.15) is 11.9 Å². The van der Waals surface area contributed by atoms with Crippen molar-refractivity contribution < 1.29 is 4.74 Å². The molecule has 0 radical (unpaired) electrons. The number of nitrogens with one attached hydrogen (secondary N) is 1. The van der Waals surface area contributed by atoms with Crippen molar-refractivity contribution in [2.24, 2.45) is 0 Å². The molecule has 4 nitrogen and oxygen atoms in total. The van der Waals surface area contributed by atoms with Crippen LogP contribution in [0.1, 0.15) is 12.0 Å². The third-order valence-corrected chi connectivity index (χ3v) is 4.11. The van der Waals surface area contributed by atoms with Gasteiger partial charge in [-0.05, 0) is 36.7 Å². The van der Waals surface area contributed by atoms with Gasteiger partial charge in [-0.3, -0.25) is 4.68 Å². The molecule has 2 heterocycles. The standard InChI is InChI=1S/C18H19N3O/c1-2-4-14(5-3-1)13-21-18-7-6-16(10-15(18)11-20-21)22-17-8-9-19-12-17/h1-7,10-11,17,19H,8-9,12-13H2/t17-/m1/s1. The molecule has 0 amide bonds. The van der Waals surface area contributed by atoms with E-state index in [1.807, 2.05) is 23.0 Å². The van der Waals surface area contributed by atoms with Crippen molar-refractivity contribution in [1.82, 2.24) is 15.1 Å². The average molecular weight is 293 g/mol. The summed E-state index contributed by atoms with van der Waals surface area (Å²) in [4.78, 5) is 0. The highest BCUT2D eigenvalue weighted by molar-refractivity contribution is 5.80. The van der Waals surface area contributed by atoms with Crippen molar-refractivity contribution in [3.8, 4) is 5.75 Å². The van der Waals surface area contributed by atoms with Crippen LogP contribution in [0.5, 0.6) is 5.75 Å². The van der Waals surface area contributed by atoms with Gasteiger partial charge >= 0.3 is 0 Å². The van der Waals surface area contributed by atoms with Crippen molar-refractivity contribution in [2.45, 2.75) is 19.1 Å². The minimum Gasteiger partial charge on any atom is -0.489 e. The summed E-state index contributed by atoms with van der Waals surface area (Å²) in [6.45, 7) is 2.77. The molecule has 0 spiro atoms. The zero-order valence-corrected chi connectivity index (χ0v) is 12.4. The smallest absolute Gasteiger partial charge is 0.120 e. The van der Waals surface area contributed by atoms with Crippen LogP contribution in [0.3, 0.4) is 0 Å². The number of rotatable bonds is 4. The van der Waals surface area contributed by atoms with E-state index in [-0.39, 0.29) is 6.10 Å². The summed E-state index contributed by atoms with van der Waals surface area (Å²) >= 11 is 0. The van der Waals surface area contributed by atoms with Crippen LogP contribution < -0.4 is 10.1 Å². The van der Waals surface area contributed by atoms with Crippen LogP contribution in [0.15, 0.2) is 54.7 Å². The first-order chi connectivity index (χ1) is 10.9. The number of fused-ring (bicyclic) bond motifs is 1. The minimum atomic E-state index is 0.289. The van der Waals surface area contributed by atoms with Gasteiger partial charge in [-0.1, -0.05) is 30.3 Å². The van der Waals surface area contributed by atoms with Gasteiger partial charge in [0.25, 0.3) is 0 Å². The molecule has 2 aromatic carbocycles. The highest BCUT2D eigenvalue weighted by Gasteiger charge is 2.16. The Morgan fingerprint density at radius 2 is 2.09 bits per heavy atom. The summed E-state index contributed by atoms with van der Waals surface area (Å²) in [5.74, 6) is 0.931. The fraction of sp³-hybridized carbons (Fsp3) is 0.278. The van der Waals surface area contributed by atoms with E-state index in [9.17, 15) is 0 Å². The maximum absolute atomic E-state index is 6.01. The van der Waals surface area contributed by atoms with E-state index in [1.54, 1.807) is 0 Å². The maximum atomic E-state index is 6.01. The van der Waals surface area contributed by atoms with E-state index in [0.29, 0.717) is 0 Å². The average Bonchev–Trinajstić information content (AvgIpc) is 3.19. The molecule has 0 saturated carbocycles. The largest absolute Gasteiger partial charge is 0.489 e. The molecular weight excluding hydrogens is 274 g/mol. The second-order valence-corrected chi connectivity index (χ2v) is 5.74. The molecule has 0 bridgehead atoms.